The summed E-state index contributed by atoms with van der Waals surface area (Å²) in [5, 5.41) is 11.5. The molecule has 0 aliphatic rings. The Balaban J connectivity index is 2.30. The first-order chi connectivity index (χ1) is 12.8. The Hall–Kier alpha value is -3.25. The Morgan fingerprint density at radius 1 is 1.19 bits per heavy atom. The van der Waals surface area contributed by atoms with E-state index in [0.717, 1.165) is 10.6 Å². The zero-order chi connectivity index (χ0) is 20.0. The number of rotatable bonds is 7. The summed E-state index contributed by atoms with van der Waals surface area (Å²) in [6, 6.07) is 12.9. The largest absolute Gasteiger partial charge is 0.497 e. The molecule has 0 saturated heterocycles. The fourth-order valence-corrected chi connectivity index (χ4v) is 3.23. The third-order valence-corrected chi connectivity index (χ3v) is 4.75. The molecule has 0 aromatic heterocycles. The number of ether oxygens (including phenoxy) is 2. The minimum Gasteiger partial charge on any atom is -0.497 e. The van der Waals surface area contributed by atoms with Gasteiger partial charge in [0.2, 0.25) is 15.9 Å². The highest BCUT2D eigenvalue weighted by atomic mass is 32.2. The summed E-state index contributed by atoms with van der Waals surface area (Å²) in [6.07, 6.45) is 1.00. The van der Waals surface area contributed by atoms with Gasteiger partial charge in [0, 0.05) is 11.8 Å². The van der Waals surface area contributed by atoms with Crippen LogP contribution in [0, 0.1) is 11.3 Å². The maximum Gasteiger partial charge on any atom is 0.245 e. The minimum absolute atomic E-state index is 0.210. The Morgan fingerprint density at radius 2 is 1.93 bits per heavy atom. The second-order valence-electron chi connectivity index (χ2n) is 5.55. The Labute approximate surface area is 158 Å². The van der Waals surface area contributed by atoms with Crippen LogP contribution in [0.4, 0.5) is 11.4 Å². The van der Waals surface area contributed by atoms with Crippen LogP contribution in [0.25, 0.3) is 0 Å². The zero-order valence-electron chi connectivity index (χ0n) is 15.1. The monoisotopic (exact) mass is 389 g/mol. The van der Waals surface area contributed by atoms with Crippen molar-refractivity contribution in [2.75, 3.05) is 36.6 Å². The first-order valence-electron chi connectivity index (χ1n) is 7.78. The van der Waals surface area contributed by atoms with Crippen LogP contribution >= 0.6 is 0 Å². The Bertz CT molecular complexity index is 983. The van der Waals surface area contributed by atoms with Gasteiger partial charge in [0.15, 0.2) is 0 Å². The number of methoxy groups -OCH3 is 2. The molecule has 0 bridgehead atoms. The number of hydrogen-bond acceptors (Lipinski definition) is 6. The lowest BCUT2D eigenvalue weighted by Crippen LogP contribution is -2.37. The molecular weight excluding hydrogens is 370 g/mol. The van der Waals surface area contributed by atoms with E-state index in [1.165, 1.54) is 32.4 Å². The number of nitrogens with one attached hydrogen (secondary N) is 1. The second-order valence-corrected chi connectivity index (χ2v) is 7.46. The van der Waals surface area contributed by atoms with E-state index in [2.05, 4.69) is 5.32 Å². The van der Waals surface area contributed by atoms with Crippen LogP contribution in [0.5, 0.6) is 11.5 Å². The van der Waals surface area contributed by atoms with Gasteiger partial charge in [-0.15, -0.1) is 0 Å². The molecule has 0 radical (unpaired) electrons. The lowest BCUT2D eigenvalue weighted by atomic mass is 10.2. The van der Waals surface area contributed by atoms with Gasteiger partial charge in [-0.3, -0.25) is 9.10 Å². The Kier molecular flexibility index (Phi) is 6.26. The summed E-state index contributed by atoms with van der Waals surface area (Å²) in [5.74, 6) is 0.175. The number of nitrogens with zero attached hydrogens (tertiary/aromatic N) is 2. The van der Waals surface area contributed by atoms with Gasteiger partial charge in [-0.25, -0.2) is 8.42 Å². The van der Waals surface area contributed by atoms with Gasteiger partial charge in [-0.1, -0.05) is 6.07 Å². The Morgan fingerprint density at radius 3 is 2.52 bits per heavy atom. The molecule has 0 aliphatic heterocycles. The van der Waals surface area contributed by atoms with Gasteiger partial charge in [-0.05, 0) is 30.3 Å². The summed E-state index contributed by atoms with van der Waals surface area (Å²) in [4.78, 5) is 12.4. The van der Waals surface area contributed by atoms with Crippen molar-refractivity contribution in [2.45, 2.75) is 0 Å². The molecule has 142 valence electrons. The smallest absolute Gasteiger partial charge is 0.245 e. The standard InChI is InChI=1S/C18H19N3O5S/c1-25-15-7-8-16(17(10-15)26-2)21(27(3,23)24)12-18(22)20-14-6-4-5-13(9-14)11-19/h4-10H,12H2,1-3H3,(H,20,22). The van der Waals surface area contributed by atoms with Crippen molar-refractivity contribution < 1.29 is 22.7 Å². The molecule has 27 heavy (non-hydrogen) atoms. The number of amides is 1. The van der Waals surface area contributed by atoms with Crippen molar-refractivity contribution in [3.63, 3.8) is 0 Å². The highest BCUT2D eigenvalue weighted by Gasteiger charge is 2.24. The van der Waals surface area contributed by atoms with Crippen molar-refractivity contribution in [3.05, 3.63) is 48.0 Å². The SMILES string of the molecule is COc1ccc(N(CC(=O)Nc2cccc(C#N)c2)S(C)(=O)=O)c(OC)c1. The predicted octanol–water partition coefficient (Wildman–Crippen LogP) is 1.98. The summed E-state index contributed by atoms with van der Waals surface area (Å²) >= 11 is 0. The van der Waals surface area contributed by atoms with E-state index in [0.29, 0.717) is 17.0 Å². The number of sulfonamides is 1. The fraction of sp³-hybridized carbons (Fsp3) is 0.222. The molecule has 0 atom stereocenters. The molecule has 9 heteroatoms. The lowest BCUT2D eigenvalue weighted by Gasteiger charge is -2.24. The first kappa shape index (κ1) is 20.1. The molecule has 2 aromatic carbocycles. The van der Waals surface area contributed by atoms with Crippen molar-refractivity contribution in [3.8, 4) is 17.6 Å². The number of carbonyl (C=O) groups is 1. The van der Waals surface area contributed by atoms with Crippen molar-refractivity contribution in [2.24, 2.45) is 0 Å². The van der Waals surface area contributed by atoms with Crippen molar-refractivity contribution in [1.29, 1.82) is 5.26 Å². The maximum atomic E-state index is 12.4. The number of anilines is 2. The molecule has 0 saturated carbocycles. The summed E-state index contributed by atoms with van der Waals surface area (Å²) < 4.78 is 35.8. The molecule has 2 aromatic rings. The predicted molar refractivity (Wildman–Crippen MR) is 102 cm³/mol. The minimum atomic E-state index is -3.77. The topological polar surface area (TPSA) is 109 Å². The van der Waals surface area contributed by atoms with Crippen LogP contribution < -0.4 is 19.1 Å². The van der Waals surface area contributed by atoms with Gasteiger partial charge in [0.1, 0.15) is 18.0 Å². The van der Waals surface area contributed by atoms with E-state index in [4.69, 9.17) is 14.7 Å². The van der Waals surface area contributed by atoms with E-state index in [9.17, 15) is 13.2 Å². The third kappa shape index (κ3) is 5.12. The number of hydrogen-bond donors (Lipinski definition) is 1. The second kappa shape index (κ2) is 8.42. The average Bonchev–Trinajstić information content (AvgIpc) is 2.65. The van der Waals surface area contributed by atoms with Crippen LogP contribution in [0.15, 0.2) is 42.5 Å². The molecule has 0 heterocycles. The van der Waals surface area contributed by atoms with Crippen molar-refractivity contribution >= 4 is 27.3 Å². The normalized spacial score (nSPS) is 10.6. The number of benzene rings is 2. The quantitative estimate of drug-likeness (QED) is 0.776. The summed E-state index contributed by atoms with van der Waals surface area (Å²) in [5.41, 5.74) is 0.987. The summed E-state index contributed by atoms with van der Waals surface area (Å²) in [7, 11) is -0.898. The molecule has 8 nitrogen and oxygen atoms in total. The first-order valence-corrected chi connectivity index (χ1v) is 9.63. The van der Waals surface area contributed by atoms with Crippen LogP contribution in [-0.4, -0.2) is 41.3 Å². The van der Waals surface area contributed by atoms with Crippen LogP contribution in [0.3, 0.4) is 0 Å². The average molecular weight is 389 g/mol. The highest BCUT2D eigenvalue weighted by molar-refractivity contribution is 7.92. The fourth-order valence-electron chi connectivity index (χ4n) is 2.37. The van der Waals surface area contributed by atoms with Crippen LogP contribution in [-0.2, 0) is 14.8 Å². The number of nitriles is 1. The molecule has 0 fully saturated rings. The molecule has 0 aliphatic carbocycles. The highest BCUT2D eigenvalue weighted by Crippen LogP contribution is 2.33. The van der Waals surface area contributed by atoms with E-state index in [-0.39, 0.29) is 11.4 Å². The molecule has 1 amide bonds. The van der Waals surface area contributed by atoms with Crippen LogP contribution in [0.1, 0.15) is 5.56 Å². The molecule has 0 unspecified atom stereocenters. The van der Waals surface area contributed by atoms with E-state index in [1.54, 1.807) is 24.3 Å². The van der Waals surface area contributed by atoms with Crippen LogP contribution in [0.2, 0.25) is 0 Å². The van der Waals surface area contributed by atoms with Gasteiger partial charge >= 0.3 is 0 Å². The van der Waals surface area contributed by atoms with E-state index < -0.39 is 22.5 Å². The maximum absolute atomic E-state index is 12.4. The third-order valence-electron chi connectivity index (χ3n) is 3.62. The zero-order valence-corrected chi connectivity index (χ0v) is 15.9. The van der Waals surface area contributed by atoms with Gasteiger partial charge in [0.05, 0.1) is 37.8 Å². The van der Waals surface area contributed by atoms with Gasteiger partial charge < -0.3 is 14.8 Å². The molecule has 2 rings (SSSR count). The van der Waals surface area contributed by atoms with Gasteiger partial charge in [-0.2, -0.15) is 5.26 Å². The van der Waals surface area contributed by atoms with Crippen molar-refractivity contribution in [1.82, 2.24) is 0 Å². The lowest BCUT2D eigenvalue weighted by molar-refractivity contribution is -0.114. The summed E-state index contributed by atoms with van der Waals surface area (Å²) in [6.45, 7) is -0.460. The molecular formula is C18H19N3O5S. The molecule has 1 N–H and O–H groups in total. The van der Waals surface area contributed by atoms with E-state index in [1.807, 2.05) is 6.07 Å². The number of carbonyl (C=O) groups excluding carboxylic acids is 1. The molecule has 0 spiro atoms. The van der Waals surface area contributed by atoms with Gasteiger partial charge in [0.25, 0.3) is 0 Å². The van der Waals surface area contributed by atoms with E-state index >= 15 is 0 Å².